The molecule has 0 saturated heterocycles. The molecule has 152 valence electrons. The van der Waals surface area contributed by atoms with E-state index in [1.54, 1.807) is 42.1 Å². The quantitative estimate of drug-likeness (QED) is 0.448. The summed E-state index contributed by atoms with van der Waals surface area (Å²) in [6.07, 6.45) is -0.761. The number of carbonyl (C=O) groups is 1. The van der Waals surface area contributed by atoms with Gasteiger partial charge in [0.25, 0.3) is 5.91 Å². The summed E-state index contributed by atoms with van der Waals surface area (Å²) >= 11 is 12.0. The highest BCUT2D eigenvalue weighted by Gasteiger charge is 2.17. The number of halogens is 2. The second kappa shape index (κ2) is 8.34. The monoisotopic (exact) mass is 440 g/mol. The minimum atomic E-state index is -0.761. The zero-order chi connectivity index (χ0) is 21.3. The molecule has 30 heavy (non-hydrogen) atoms. The van der Waals surface area contributed by atoms with Crippen LogP contribution in [0.15, 0.2) is 60.7 Å². The van der Waals surface area contributed by atoms with Crippen molar-refractivity contribution in [3.63, 3.8) is 0 Å². The summed E-state index contributed by atoms with van der Waals surface area (Å²) in [5.74, 6) is 0.0755. The first kappa shape index (κ1) is 20.2. The van der Waals surface area contributed by atoms with E-state index in [2.05, 4.69) is 15.5 Å². The van der Waals surface area contributed by atoms with Gasteiger partial charge in [-0.25, -0.2) is 0 Å². The molecule has 0 aliphatic heterocycles. The Bertz CT molecular complexity index is 1220. The number of amides is 1. The van der Waals surface area contributed by atoms with Crippen LogP contribution in [0.3, 0.4) is 0 Å². The van der Waals surface area contributed by atoms with E-state index >= 15 is 0 Å². The van der Waals surface area contributed by atoms with Crippen molar-refractivity contribution < 1.29 is 9.53 Å². The van der Waals surface area contributed by atoms with Gasteiger partial charge in [0.1, 0.15) is 16.8 Å². The van der Waals surface area contributed by atoms with Gasteiger partial charge in [-0.05, 0) is 62.4 Å². The van der Waals surface area contributed by atoms with Gasteiger partial charge in [0.2, 0.25) is 0 Å². The van der Waals surface area contributed by atoms with Crippen molar-refractivity contribution in [2.75, 3.05) is 5.32 Å². The second-order valence-electron chi connectivity index (χ2n) is 6.85. The predicted octanol–water partition coefficient (Wildman–Crippen LogP) is 5.44. The molecule has 1 aromatic heterocycles. The average molecular weight is 441 g/mol. The molecule has 0 unspecified atom stereocenters. The molecule has 1 atom stereocenters. The van der Waals surface area contributed by atoms with Gasteiger partial charge in [0, 0.05) is 10.7 Å². The molecule has 0 aliphatic rings. The summed E-state index contributed by atoms with van der Waals surface area (Å²) < 4.78 is 5.66. The predicted molar refractivity (Wildman–Crippen MR) is 119 cm³/mol. The SMILES string of the molecule is Cc1ccc(-n2nc3ccc(NC(=O)[C@H](C)Oc4ccc(Cl)cc4Cl)cc3n2)cc1. The highest BCUT2D eigenvalue weighted by atomic mass is 35.5. The Morgan fingerprint density at radius 3 is 2.47 bits per heavy atom. The standard InChI is InChI=1S/C22H18Cl2N4O2/c1-13-3-7-17(8-4-13)28-26-19-9-6-16(12-20(19)27-28)25-22(29)14(2)30-21-10-5-15(23)11-18(21)24/h3-12,14H,1-2H3,(H,25,29)/t14-/m0/s1. The Balaban J connectivity index is 1.49. The van der Waals surface area contributed by atoms with Crippen LogP contribution in [0, 0.1) is 6.92 Å². The lowest BCUT2D eigenvalue weighted by Crippen LogP contribution is -2.30. The van der Waals surface area contributed by atoms with Gasteiger partial charge in [-0.15, -0.1) is 10.2 Å². The zero-order valence-corrected chi connectivity index (χ0v) is 17.8. The van der Waals surface area contributed by atoms with Crippen molar-refractivity contribution in [3.05, 3.63) is 76.3 Å². The molecule has 3 aromatic carbocycles. The van der Waals surface area contributed by atoms with Crippen LogP contribution in [0.4, 0.5) is 5.69 Å². The van der Waals surface area contributed by atoms with Crippen molar-refractivity contribution in [1.82, 2.24) is 15.0 Å². The molecule has 0 fully saturated rings. The maximum atomic E-state index is 12.5. The van der Waals surface area contributed by atoms with Crippen molar-refractivity contribution in [2.45, 2.75) is 20.0 Å². The fourth-order valence-electron chi connectivity index (χ4n) is 2.84. The third kappa shape index (κ3) is 4.40. The lowest BCUT2D eigenvalue weighted by Gasteiger charge is -2.15. The number of hydrogen-bond acceptors (Lipinski definition) is 4. The Labute approximate surface area is 183 Å². The van der Waals surface area contributed by atoms with E-state index in [4.69, 9.17) is 27.9 Å². The maximum absolute atomic E-state index is 12.5. The van der Waals surface area contributed by atoms with E-state index in [1.807, 2.05) is 37.3 Å². The summed E-state index contributed by atoms with van der Waals surface area (Å²) in [6, 6.07) is 18.1. The van der Waals surface area contributed by atoms with Crippen LogP contribution in [0.2, 0.25) is 10.0 Å². The number of aryl methyl sites for hydroxylation is 1. The number of hydrogen-bond donors (Lipinski definition) is 1. The number of nitrogens with one attached hydrogen (secondary N) is 1. The van der Waals surface area contributed by atoms with Gasteiger partial charge in [-0.2, -0.15) is 4.80 Å². The van der Waals surface area contributed by atoms with E-state index in [1.165, 1.54) is 0 Å². The molecule has 0 saturated carbocycles. The van der Waals surface area contributed by atoms with Crippen molar-refractivity contribution in [1.29, 1.82) is 0 Å². The molecular weight excluding hydrogens is 423 g/mol. The van der Waals surface area contributed by atoms with Gasteiger partial charge < -0.3 is 10.1 Å². The Hall–Kier alpha value is -3.09. The first-order valence-electron chi connectivity index (χ1n) is 9.26. The number of rotatable bonds is 5. The summed E-state index contributed by atoms with van der Waals surface area (Å²) in [5.41, 5.74) is 4.02. The molecule has 1 heterocycles. The summed E-state index contributed by atoms with van der Waals surface area (Å²) in [7, 11) is 0. The molecule has 4 aromatic rings. The number of fused-ring (bicyclic) bond motifs is 1. The van der Waals surface area contributed by atoms with E-state index < -0.39 is 6.10 Å². The van der Waals surface area contributed by atoms with Crippen molar-refractivity contribution in [3.8, 4) is 11.4 Å². The fourth-order valence-corrected chi connectivity index (χ4v) is 3.30. The molecule has 1 amide bonds. The molecule has 0 aliphatic carbocycles. The summed E-state index contributed by atoms with van der Waals surface area (Å²) in [4.78, 5) is 14.1. The van der Waals surface area contributed by atoms with Crippen LogP contribution in [-0.4, -0.2) is 27.0 Å². The fraction of sp³-hybridized carbons (Fsp3) is 0.136. The number of carbonyl (C=O) groups excluding carboxylic acids is 1. The number of ether oxygens (including phenoxy) is 1. The lowest BCUT2D eigenvalue weighted by molar-refractivity contribution is -0.122. The Morgan fingerprint density at radius 2 is 1.73 bits per heavy atom. The molecule has 6 nitrogen and oxygen atoms in total. The number of benzene rings is 3. The van der Waals surface area contributed by atoms with E-state index in [9.17, 15) is 4.79 Å². The van der Waals surface area contributed by atoms with Gasteiger partial charge in [-0.1, -0.05) is 40.9 Å². The molecule has 4 rings (SSSR count). The normalized spacial score (nSPS) is 12.0. The zero-order valence-electron chi connectivity index (χ0n) is 16.3. The topological polar surface area (TPSA) is 69.0 Å². The highest BCUT2D eigenvalue weighted by molar-refractivity contribution is 6.35. The van der Waals surface area contributed by atoms with E-state index in [-0.39, 0.29) is 5.91 Å². The average Bonchev–Trinajstić information content (AvgIpc) is 3.14. The first-order valence-corrected chi connectivity index (χ1v) is 10.0. The molecule has 0 bridgehead atoms. The minimum Gasteiger partial charge on any atom is -0.479 e. The number of aromatic nitrogens is 3. The first-order chi connectivity index (χ1) is 14.4. The van der Waals surface area contributed by atoms with Crippen LogP contribution in [0.25, 0.3) is 16.7 Å². The smallest absolute Gasteiger partial charge is 0.265 e. The maximum Gasteiger partial charge on any atom is 0.265 e. The molecule has 0 spiro atoms. The van der Waals surface area contributed by atoms with Crippen LogP contribution >= 0.6 is 23.2 Å². The lowest BCUT2D eigenvalue weighted by atomic mass is 10.2. The van der Waals surface area contributed by atoms with Crippen molar-refractivity contribution in [2.24, 2.45) is 0 Å². The van der Waals surface area contributed by atoms with E-state index in [0.717, 1.165) is 16.8 Å². The number of nitrogens with zero attached hydrogens (tertiary/aromatic N) is 3. The van der Waals surface area contributed by atoms with Crippen LogP contribution in [-0.2, 0) is 4.79 Å². The Morgan fingerprint density at radius 1 is 1.00 bits per heavy atom. The highest BCUT2D eigenvalue weighted by Crippen LogP contribution is 2.28. The largest absolute Gasteiger partial charge is 0.479 e. The van der Waals surface area contributed by atoms with Gasteiger partial charge >= 0.3 is 0 Å². The van der Waals surface area contributed by atoms with Gasteiger partial charge in [0.05, 0.1) is 10.7 Å². The summed E-state index contributed by atoms with van der Waals surface area (Å²) in [5, 5.41) is 12.7. The minimum absolute atomic E-state index is 0.314. The van der Waals surface area contributed by atoms with E-state index in [0.29, 0.717) is 27.0 Å². The van der Waals surface area contributed by atoms with Crippen LogP contribution in [0.1, 0.15) is 12.5 Å². The van der Waals surface area contributed by atoms with Crippen LogP contribution in [0.5, 0.6) is 5.75 Å². The molecule has 8 heteroatoms. The third-order valence-electron chi connectivity index (χ3n) is 4.48. The van der Waals surface area contributed by atoms with Gasteiger partial charge in [0.15, 0.2) is 6.10 Å². The van der Waals surface area contributed by atoms with Crippen LogP contribution < -0.4 is 10.1 Å². The summed E-state index contributed by atoms with van der Waals surface area (Å²) in [6.45, 7) is 3.67. The third-order valence-corrected chi connectivity index (χ3v) is 5.01. The van der Waals surface area contributed by atoms with Crippen molar-refractivity contribution >= 4 is 45.8 Å². The molecular formula is C22H18Cl2N4O2. The number of anilines is 1. The second-order valence-corrected chi connectivity index (χ2v) is 7.70. The van der Waals surface area contributed by atoms with Gasteiger partial charge in [-0.3, -0.25) is 4.79 Å². The molecule has 1 N–H and O–H groups in total. The molecule has 0 radical (unpaired) electrons. The Kier molecular flexibility index (Phi) is 5.61.